The highest BCUT2D eigenvalue weighted by Gasteiger charge is 2.21. The summed E-state index contributed by atoms with van der Waals surface area (Å²) in [5.41, 5.74) is 6.28. The second kappa shape index (κ2) is 4.95. The molecule has 1 atom stereocenters. The van der Waals surface area contributed by atoms with E-state index < -0.39 is 6.10 Å². The minimum atomic E-state index is -0.654. The molecule has 1 aliphatic heterocycles. The second-order valence-corrected chi connectivity index (χ2v) is 4.28. The van der Waals surface area contributed by atoms with Crippen molar-refractivity contribution >= 4 is 11.8 Å². The topological polar surface area (TPSA) is 64.7 Å². The molecule has 1 aromatic carbocycles. The highest BCUT2D eigenvalue weighted by atomic mass is 32.2. The Kier molecular flexibility index (Phi) is 3.58. The van der Waals surface area contributed by atoms with Crippen molar-refractivity contribution in [2.75, 3.05) is 26.0 Å². The zero-order valence-electron chi connectivity index (χ0n) is 9.10. The SMILES string of the molecule is CSc1c(C(O)CN)ccc2c1OCCO2. The zero-order chi connectivity index (χ0) is 11.5. The van der Waals surface area contributed by atoms with E-state index in [0.29, 0.717) is 13.2 Å². The fraction of sp³-hybridized carbons (Fsp3) is 0.455. The minimum Gasteiger partial charge on any atom is -0.486 e. The van der Waals surface area contributed by atoms with Crippen molar-refractivity contribution in [2.24, 2.45) is 5.73 Å². The molecule has 0 spiro atoms. The minimum absolute atomic E-state index is 0.202. The Labute approximate surface area is 98.7 Å². The van der Waals surface area contributed by atoms with Crippen LogP contribution in [0.4, 0.5) is 0 Å². The first-order chi connectivity index (χ1) is 7.77. The summed E-state index contributed by atoms with van der Waals surface area (Å²) in [6, 6.07) is 3.67. The number of aliphatic hydroxyl groups excluding tert-OH is 1. The smallest absolute Gasteiger partial charge is 0.175 e. The average Bonchev–Trinajstić information content (AvgIpc) is 2.36. The van der Waals surface area contributed by atoms with Crippen LogP contribution in [-0.2, 0) is 0 Å². The van der Waals surface area contributed by atoms with Crippen molar-refractivity contribution in [3.8, 4) is 11.5 Å². The standard InChI is InChI=1S/C11H15NO3S/c1-16-11-7(8(13)6-12)2-3-9-10(11)15-5-4-14-9/h2-3,8,13H,4-6,12H2,1H3. The van der Waals surface area contributed by atoms with Crippen LogP contribution in [0.25, 0.3) is 0 Å². The molecule has 3 N–H and O–H groups in total. The number of benzene rings is 1. The van der Waals surface area contributed by atoms with E-state index in [1.807, 2.05) is 18.4 Å². The van der Waals surface area contributed by atoms with Gasteiger partial charge in [0.25, 0.3) is 0 Å². The Bertz CT molecular complexity index is 384. The molecule has 1 heterocycles. The fourth-order valence-corrected chi connectivity index (χ4v) is 2.49. The number of aliphatic hydroxyl groups is 1. The van der Waals surface area contributed by atoms with Crippen LogP contribution in [-0.4, -0.2) is 31.1 Å². The summed E-state index contributed by atoms with van der Waals surface area (Å²) < 4.78 is 11.1. The molecule has 0 bridgehead atoms. The molecular formula is C11H15NO3S. The third-order valence-corrected chi connectivity index (χ3v) is 3.31. The fourth-order valence-electron chi connectivity index (χ4n) is 1.71. The van der Waals surface area contributed by atoms with Crippen LogP contribution in [0, 0.1) is 0 Å². The van der Waals surface area contributed by atoms with E-state index in [9.17, 15) is 5.11 Å². The number of thioether (sulfide) groups is 1. The molecule has 0 saturated heterocycles. The largest absolute Gasteiger partial charge is 0.486 e. The summed E-state index contributed by atoms with van der Waals surface area (Å²) in [7, 11) is 0. The van der Waals surface area contributed by atoms with Crippen molar-refractivity contribution in [2.45, 2.75) is 11.0 Å². The van der Waals surface area contributed by atoms with Crippen LogP contribution < -0.4 is 15.2 Å². The van der Waals surface area contributed by atoms with Crippen molar-refractivity contribution < 1.29 is 14.6 Å². The molecule has 0 aromatic heterocycles. The van der Waals surface area contributed by atoms with Crippen LogP contribution >= 0.6 is 11.8 Å². The van der Waals surface area contributed by atoms with E-state index in [4.69, 9.17) is 15.2 Å². The van der Waals surface area contributed by atoms with Gasteiger partial charge in [-0.25, -0.2) is 0 Å². The molecule has 1 unspecified atom stereocenters. The lowest BCUT2D eigenvalue weighted by Crippen LogP contribution is -2.18. The Hall–Kier alpha value is -0.910. The van der Waals surface area contributed by atoms with Crippen molar-refractivity contribution in [3.63, 3.8) is 0 Å². The molecular weight excluding hydrogens is 226 g/mol. The van der Waals surface area contributed by atoms with Gasteiger partial charge >= 0.3 is 0 Å². The van der Waals surface area contributed by atoms with Crippen molar-refractivity contribution in [1.29, 1.82) is 0 Å². The van der Waals surface area contributed by atoms with Gasteiger partial charge in [0.15, 0.2) is 11.5 Å². The van der Waals surface area contributed by atoms with Gasteiger partial charge in [-0.15, -0.1) is 11.8 Å². The van der Waals surface area contributed by atoms with Crippen molar-refractivity contribution in [3.05, 3.63) is 17.7 Å². The quantitative estimate of drug-likeness (QED) is 0.778. The summed E-state index contributed by atoms with van der Waals surface area (Å²) in [4.78, 5) is 0.912. The summed E-state index contributed by atoms with van der Waals surface area (Å²) in [5.74, 6) is 1.47. The lowest BCUT2D eigenvalue weighted by Gasteiger charge is -2.23. The lowest BCUT2D eigenvalue weighted by molar-refractivity contribution is 0.160. The zero-order valence-corrected chi connectivity index (χ0v) is 9.92. The molecule has 4 nitrogen and oxygen atoms in total. The predicted molar refractivity (Wildman–Crippen MR) is 63.2 cm³/mol. The van der Waals surface area contributed by atoms with E-state index in [1.54, 1.807) is 0 Å². The summed E-state index contributed by atoms with van der Waals surface area (Å²) >= 11 is 1.53. The molecule has 0 saturated carbocycles. The summed E-state index contributed by atoms with van der Waals surface area (Å²) in [5, 5.41) is 9.81. The molecule has 16 heavy (non-hydrogen) atoms. The first-order valence-corrected chi connectivity index (χ1v) is 6.35. The monoisotopic (exact) mass is 241 g/mol. The first-order valence-electron chi connectivity index (χ1n) is 5.12. The lowest BCUT2D eigenvalue weighted by atomic mass is 10.1. The maximum atomic E-state index is 9.81. The van der Waals surface area contributed by atoms with E-state index in [2.05, 4.69) is 0 Å². The number of ether oxygens (including phenoxy) is 2. The van der Waals surface area contributed by atoms with Gasteiger partial charge in [0.05, 0.1) is 11.0 Å². The highest BCUT2D eigenvalue weighted by Crippen LogP contribution is 2.42. The van der Waals surface area contributed by atoms with Crippen LogP contribution in [0.5, 0.6) is 11.5 Å². The average molecular weight is 241 g/mol. The van der Waals surface area contributed by atoms with Gasteiger partial charge < -0.3 is 20.3 Å². The third-order valence-electron chi connectivity index (χ3n) is 2.48. The van der Waals surface area contributed by atoms with Crippen molar-refractivity contribution in [1.82, 2.24) is 0 Å². The number of hydrogen-bond acceptors (Lipinski definition) is 5. The number of nitrogens with two attached hydrogens (primary N) is 1. The summed E-state index contributed by atoms with van der Waals surface area (Å²) in [6.45, 7) is 1.32. The maximum Gasteiger partial charge on any atom is 0.175 e. The molecule has 88 valence electrons. The Morgan fingerprint density at radius 3 is 2.88 bits per heavy atom. The maximum absolute atomic E-state index is 9.81. The summed E-state index contributed by atoms with van der Waals surface area (Å²) in [6.07, 6.45) is 1.29. The van der Waals surface area contributed by atoms with Gasteiger partial charge in [0.1, 0.15) is 13.2 Å². The van der Waals surface area contributed by atoms with Crippen LogP contribution in [0.3, 0.4) is 0 Å². The van der Waals surface area contributed by atoms with E-state index in [-0.39, 0.29) is 6.54 Å². The molecule has 1 aliphatic rings. The molecule has 5 heteroatoms. The highest BCUT2D eigenvalue weighted by molar-refractivity contribution is 7.98. The van der Waals surface area contributed by atoms with Gasteiger partial charge in [-0.1, -0.05) is 6.07 Å². The van der Waals surface area contributed by atoms with E-state index in [1.165, 1.54) is 11.8 Å². The molecule has 0 amide bonds. The van der Waals surface area contributed by atoms with Gasteiger partial charge in [-0.05, 0) is 17.9 Å². The third kappa shape index (κ3) is 1.98. The Balaban J connectivity index is 2.47. The molecule has 2 rings (SSSR count). The number of rotatable bonds is 3. The van der Waals surface area contributed by atoms with E-state index >= 15 is 0 Å². The second-order valence-electron chi connectivity index (χ2n) is 3.46. The van der Waals surface area contributed by atoms with Gasteiger partial charge in [0.2, 0.25) is 0 Å². The van der Waals surface area contributed by atoms with E-state index in [0.717, 1.165) is 22.0 Å². The normalized spacial score (nSPS) is 15.9. The first kappa shape index (κ1) is 11.6. The molecule has 1 aromatic rings. The van der Waals surface area contributed by atoms with Gasteiger partial charge in [-0.3, -0.25) is 0 Å². The van der Waals surface area contributed by atoms with Crippen LogP contribution in [0.2, 0.25) is 0 Å². The van der Waals surface area contributed by atoms with Gasteiger partial charge in [-0.2, -0.15) is 0 Å². The van der Waals surface area contributed by atoms with Crippen LogP contribution in [0.1, 0.15) is 11.7 Å². The number of hydrogen-bond donors (Lipinski definition) is 2. The molecule has 0 aliphatic carbocycles. The molecule has 0 fully saturated rings. The number of fused-ring (bicyclic) bond motifs is 1. The predicted octanol–water partition coefficient (Wildman–Crippen LogP) is 1.17. The Morgan fingerprint density at radius 1 is 1.44 bits per heavy atom. The molecule has 0 radical (unpaired) electrons. The Morgan fingerprint density at radius 2 is 2.19 bits per heavy atom. The van der Waals surface area contributed by atoms with Crippen LogP contribution in [0.15, 0.2) is 17.0 Å². The van der Waals surface area contributed by atoms with Gasteiger partial charge in [0, 0.05) is 6.54 Å².